The summed E-state index contributed by atoms with van der Waals surface area (Å²) in [5, 5.41) is 6.54. The normalized spacial score (nSPS) is 10.6. The molecule has 3 aromatic rings. The molecule has 0 spiro atoms. The van der Waals surface area contributed by atoms with Crippen molar-refractivity contribution in [2.75, 3.05) is 10.6 Å². The Kier molecular flexibility index (Phi) is 4.10. The average molecular weight is 383 g/mol. The Morgan fingerprint density at radius 2 is 2.05 bits per heavy atom. The molecule has 4 nitrogen and oxygen atoms in total. The van der Waals surface area contributed by atoms with E-state index in [-0.39, 0.29) is 6.03 Å². The molecule has 7 heteroatoms. The fourth-order valence-corrected chi connectivity index (χ4v) is 3.38. The highest BCUT2D eigenvalue weighted by atomic mass is 79.9. The van der Waals surface area contributed by atoms with Crippen molar-refractivity contribution in [3.8, 4) is 0 Å². The van der Waals surface area contributed by atoms with Crippen molar-refractivity contribution < 1.29 is 4.79 Å². The molecule has 0 fully saturated rings. The van der Waals surface area contributed by atoms with Gasteiger partial charge in [-0.05, 0) is 36.4 Å². The van der Waals surface area contributed by atoms with E-state index in [1.165, 1.54) is 11.3 Å². The Morgan fingerprint density at radius 1 is 1.19 bits per heavy atom. The molecule has 0 aliphatic carbocycles. The van der Waals surface area contributed by atoms with Crippen LogP contribution < -0.4 is 10.6 Å². The molecule has 0 saturated heterocycles. The van der Waals surface area contributed by atoms with Crippen LogP contribution in [0.3, 0.4) is 0 Å². The molecular formula is C14H9BrClN3OS. The Morgan fingerprint density at radius 3 is 2.86 bits per heavy atom. The van der Waals surface area contributed by atoms with Crippen LogP contribution in [-0.4, -0.2) is 11.0 Å². The maximum atomic E-state index is 11.9. The largest absolute Gasteiger partial charge is 0.325 e. The van der Waals surface area contributed by atoms with Gasteiger partial charge in [-0.25, -0.2) is 9.78 Å². The van der Waals surface area contributed by atoms with E-state index in [1.54, 1.807) is 24.3 Å². The highest BCUT2D eigenvalue weighted by molar-refractivity contribution is 9.10. The number of fused-ring (bicyclic) bond motifs is 1. The molecule has 2 N–H and O–H groups in total. The third kappa shape index (κ3) is 3.53. The van der Waals surface area contributed by atoms with Gasteiger partial charge in [-0.1, -0.05) is 44.9 Å². The van der Waals surface area contributed by atoms with Crippen molar-refractivity contribution in [1.82, 2.24) is 4.98 Å². The highest BCUT2D eigenvalue weighted by Crippen LogP contribution is 2.28. The lowest BCUT2D eigenvalue weighted by atomic mass is 10.3. The number of benzene rings is 2. The van der Waals surface area contributed by atoms with Gasteiger partial charge in [0.2, 0.25) is 0 Å². The lowest BCUT2D eigenvalue weighted by Gasteiger charge is -2.05. The van der Waals surface area contributed by atoms with Crippen LogP contribution in [0.15, 0.2) is 46.9 Å². The molecule has 0 radical (unpaired) electrons. The van der Waals surface area contributed by atoms with E-state index in [9.17, 15) is 4.79 Å². The number of halogens is 2. The predicted octanol–water partition coefficient (Wildman–Crippen LogP) is 5.36. The summed E-state index contributed by atoms with van der Waals surface area (Å²) in [6.45, 7) is 0. The number of carbonyl (C=O) groups is 1. The number of nitrogens with zero attached hydrogens (tertiary/aromatic N) is 1. The molecule has 0 saturated carbocycles. The van der Waals surface area contributed by atoms with Gasteiger partial charge < -0.3 is 5.32 Å². The van der Waals surface area contributed by atoms with Crippen LogP contribution >= 0.6 is 38.9 Å². The molecule has 0 aliphatic rings. The molecule has 21 heavy (non-hydrogen) atoms. The zero-order chi connectivity index (χ0) is 14.8. The first-order chi connectivity index (χ1) is 10.1. The summed E-state index contributed by atoms with van der Waals surface area (Å²) >= 11 is 10.7. The molecule has 0 aliphatic heterocycles. The van der Waals surface area contributed by atoms with Crippen LogP contribution in [0, 0.1) is 0 Å². The van der Waals surface area contributed by atoms with E-state index in [1.807, 2.05) is 18.2 Å². The van der Waals surface area contributed by atoms with E-state index < -0.39 is 0 Å². The van der Waals surface area contributed by atoms with Crippen molar-refractivity contribution in [1.29, 1.82) is 0 Å². The fourth-order valence-electron chi connectivity index (χ4n) is 1.78. The van der Waals surface area contributed by atoms with Gasteiger partial charge in [0.25, 0.3) is 0 Å². The number of urea groups is 1. The van der Waals surface area contributed by atoms with Crippen LogP contribution in [0.1, 0.15) is 0 Å². The number of nitrogens with one attached hydrogen (secondary N) is 2. The van der Waals surface area contributed by atoms with Crippen LogP contribution in [0.5, 0.6) is 0 Å². The Labute approximate surface area is 138 Å². The summed E-state index contributed by atoms with van der Waals surface area (Å²) in [5.74, 6) is 0. The van der Waals surface area contributed by atoms with Crippen molar-refractivity contribution in [2.45, 2.75) is 0 Å². The van der Waals surface area contributed by atoms with E-state index in [2.05, 4.69) is 31.5 Å². The Hall–Kier alpha value is -1.63. The molecule has 2 amide bonds. The quantitative estimate of drug-likeness (QED) is 0.627. The first kappa shape index (κ1) is 14.3. The smallest absolute Gasteiger partial charge is 0.308 e. The van der Waals surface area contributed by atoms with Crippen molar-refractivity contribution in [3.63, 3.8) is 0 Å². The standard InChI is InChI=1S/C14H9BrClN3OS/c15-8-4-5-11-12(6-8)21-14(18-11)19-13(20)17-10-3-1-2-9(16)7-10/h1-7H,(H2,17,18,19,20). The molecule has 0 unspecified atom stereocenters. The zero-order valence-electron chi connectivity index (χ0n) is 10.6. The molecular weight excluding hydrogens is 374 g/mol. The van der Waals surface area contributed by atoms with E-state index >= 15 is 0 Å². The van der Waals surface area contributed by atoms with Crippen molar-refractivity contribution >= 4 is 65.9 Å². The van der Waals surface area contributed by atoms with Gasteiger partial charge in [0.05, 0.1) is 10.2 Å². The van der Waals surface area contributed by atoms with Crippen LogP contribution in [0.25, 0.3) is 10.2 Å². The summed E-state index contributed by atoms with van der Waals surface area (Å²) in [4.78, 5) is 16.3. The van der Waals surface area contributed by atoms with Gasteiger partial charge in [-0.2, -0.15) is 0 Å². The van der Waals surface area contributed by atoms with E-state index in [0.717, 1.165) is 14.7 Å². The lowest BCUT2D eigenvalue weighted by Crippen LogP contribution is -2.19. The van der Waals surface area contributed by atoms with Gasteiger partial charge in [0.15, 0.2) is 5.13 Å². The van der Waals surface area contributed by atoms with Crippen LogP contribution in [-0.2, 0) is 0 Å². The second-order valence-electron chi connectivity index (χ2n) is 4.22. The number of rotatable bonds is 2. The van der Waals surface area contributed by atoms with E-state index in [0.29, 0.717) is 15.8 Å². The molecule has 2 aromatic carbocycles. The number of aromatic nitrogens is 1. The minimum atomic E-state index is -0.351. The average Bonchev–Trinajstić information content (AvgIpc) is 2.79. The number of thiazole rings is 1. The van der Waals surface area contributed by atoms with Gasteiger partial charge in [0, 0.05) is 15.2 Å². The highest BCUT2D eigenvalue weighted by Gasteiger charge is 2.08. The van der Waals surface area contributed by atoms with Gasteiger partial charge in [-0.15, -0.1) is 0 Å². The Balaban J connectivity index is 1.74. The summed E-state index contributed by atoms with van der Waals surface area (Å²) in [6, 6.07) is 12.4. The second-order valence-corrected chi connectivity index (χ2v) is 6.60. The van der Waals surface area contributed by atoms with Gasteiger partial charge >= 0.3 is 6.03 Å². The first-order valence-electron chi connectivity index (χ1n) is 6.00. The summed E-state index contributed by atoms with van der Waals surface area (Å²) < 4.78 is 1.98. The zero-order valence-corrected chi connectivity index (χ0v) is 13.7. The van der Waals surface area contributed by atoms with Crippen molar-refractivity contribution in [2.24, 2.45) is 0 Å². The Bertz CT molecular complexity index is 821. The third-order valence-corrected chi connectivity index (χ3v) is 4.32. The fraction of sp³-hybridized carbons (Fsp3) is 0. The maximum Gasteiger partial charge on any atom is 0.325 e. The predicted molar refractivity (Wildman–Crippen MR) is 91.4 cm³/mol. The summed E-state index contributed by atoms with van der Waals surface area (Å²) in [7, 11) is 0. The van der Waals surface area contributed by atoms with Gasteiger partial charge in [0.1, 0.15) is 0 Å². The number of hydrogen-bond donors (Lipinski definition) is 2. The molecule has 0 atom stereocenters. The number of carbonyl (C=O) groups excluding carboxylic acids is 1. The van der Waals surface area contributed by atoms with Crippen LogP contribution in [0.2, 0.25) is 5.02 Å². The van der Waals surface area contributed by atoms with Crippen LogP contribution in [0.4, 0.5) is 15.6 Å². The van der Waals surface area contributed by atoms with Gasteiger partial charge in [-0.3, -0.25) is 5.32 Å². The summed E-state index contributed by atoms with van der Waals surface area (Å²) in [6.07, 6.45) is 0. The second kappa shape index (κ2) is 6.01. The SMILES string of the molecule is O=C(Nc1cccc(Cl)c1)Nc1nc2ccc(Br)cc2s1. The number of hydrogen-bond acceptors (Lipinski definition) is 3. The molecule has 1 aromatic heterocycles. The third-order valence-electron chi connectivity index (χ3n) is 2.65. The van der Waals surface area contributed by atoms with E-state index in [4.69, 9.17) is 11.6 Å². The minimum absolute atomic E-state index is 0.351. The molecule has 0 bridgehead atoms. The topological polar surface area (TPSA) is 54.0 Å². The minimum Gasteiger partial charge on any atom is -0.308 e. The molecule has 1 heterocycles. The molecule has 106 valence electrons. The number of anilines is 2. The first-order valence-corrected chi connectivity index (χ1v) is 7.98. The maximum absolute atomic E-state index is 11.9. The lowest BCUT2D eigenvalue weighted by molar-refractivity contribution is 0.262. The van der Waals surface area contributed by atoms with Crippen molar-refractivity contribution in [3.05, 3.63) is 52.0 Å². The summed E-state index contributed by atoms with van der Waals surface area (Å²) in [5.41, 5.74) is 1.48. The molecule has 3 rings (SSSR count). The monoisotopic (exact) mass is 381 g/mol. The number of amides is 2.